The highest BCUT2D eigenvalue weighted by Gasteiger charge is 2.33. The van der Waals surface area contributed by atoms with Crippen LogP contribution in [0.4, 0.5) is 10.5 Å². The van der Waals surface area contributed by atoms with E-state index in [9.17, 15) is 4.79 Å². The predicted molar refractivity (Wildman–Crippen MR) is 137 cm³/mol. The average Bonchev–Trinajstić information content (AvgIpc) is 2.67. The number of hydrogen-bond donors (Lipinski definition) is 3. The maximum absolute atomic E-state index is 11.7. The standard InChI is InChI=1S/C25H35N5O2S/c1-23(2,3)32-22(31)28-13-12-27-16-8-10-18-20(14-16)33-21-15-17(9-11-19(21)29-18)30-25(6,7)24(4,5)26/h8-11,14-15,30H,12-13,26H2,1-7H3,(H,28,31). The monoisotopic (exact) mass is 469 g/mol. The minimum atomic E-state index is -0.512. The number of fused-ring (bicyclic) bond motifs is 2. The van der Waals surface area contributed by atoms with Crippen molar-refractivity contribution in [1.82, 2.24) is 10.3 Å². The summed E-state index contributed by atoms with van der Waals surface area (Å²) < 4.78 is 6.32. The number of carbonyl (C=O) groups excluding carboxylic acids is 1. The van der Waals surface area contributed by atoms with Crippen molar-refractivity contribution in [2.24, 2.45) is 10.7 Å². The summed E-state index contributed by atoms with van der Waals surface area (Å²) in [5.74, 6) is 0. The number of carbonyl (C=O) groups is 1. The Labute approximate surface area is 199 Å². The number of alkyl carbamates (subject to hydrolysis) is 1. The highest BCUT2D eigenvalue weighted by atomic mass is 32.1. The number of benzene rings is 2. The molecular formula is C25H35N5O2S. The van der Waals surface area contributed by atoms with Gasteiger partial charge in [0.1, 0.15) is 5.60 Å². The Bertz CT molecular complexity index is 1170. The van der Waals surface area contributed by atoms with Crippen molar-refractivity contribution in [3.63, 3.8) is 0 Å². The van der Waals surface area contributed by atoms with Crippen molar-refractivity contribution >= 4 is 33.3 Å². The molecule has 0 atom stereocenters. The predicted octanol–water partition coefficient (Wildman–Crippen LogP) is 4.75. The molecule has 3 rings (SSSR count). The first kappa shape index (κ1) is 24.9. The Morgan fingerprint density at radius 3 is 2.48 bits per heavy atom. The molecule has 0 radical (unpaired) electrons. The molecule has 0 saturated carbocycles. The molecule has 0 saturated heterocycles. The van der Waals surface area contributed by atoms with Gasteiger partial charge in [-0.15, -0.1) is 11.3 Å². The largest absolute Gasteiger partial charge is 0.444 e. The van der Waals surface area contributed by atoms with Gasteiger partial charge in [0.05, 0.1) is 32.7 Å². The van der Waals surface area contributed by atoms with Crippen LogP contribution in [0.5, 0.6) is 0 Å². The van der Waals surface area contributed by atoms with Gasteiger partial charge in [-0.3, -0.25) is 4.99 Å². The zero-order valence-corrected chi connectivity index (χ0v) is 21.4. The molecule has 1 aliphatic carbocycles. The zero-order chi connectivity index (χ0) is 24.4. The molecule has 2 aliphatic rings. The Balaban J connectivity index is 1.78. The van der Waals surface area contributed by atoms with E-state index in [1.807, 2.05) is 65.0 Å². The van der Waals surface area contributed by atoms with Crippen molar-refractivity contribution in [2.45, 2.75) is 65.1 Å². The van der Waals surface area contributed by atoms with Crippen LogP contribution in [0.25, 0.3) is 20.8 Å². The highest BCUT2D eigenvalue weighted by Crippen LogP contribution is 2.32. The molecular weight excluding hydrogens is 434 g/mol. The molecule has 1 aromatic carbocycles. The first-order valence-corrected chi connectivity index (χ1v) is 11.9. The number of nitrogens with one attached hydrogen (secondary N) is 2. The summed E-state index contributed by atoms with van der Waals surface area (Å²) in [4.78, 5) is 22.2. The number of hydrogen-bond acceptors (Lipinski definition) is 7. The van der Waals surface area contributed by atoms with Crippen LogP contribution >= 0.6 is 11.3 Å². The second kappa shape index (κ2) is 9.27. The summed E-state index contributed by atoms with van der Waals surface area (Å²) in [6.45, 7) is 14.6. The van der Waals surface area contributed by atoms with Crippen molar-refractivity contribution < 1.29 is 9.53 Å². The molecule has 0 unspecified atom stereocenters. The molecule has 0 bridgehead atoms. The van der Waals surface area contributed by atoms with E-state index < -0.39 is 11.7 Å². The number of anilines is 1. The van der Waals surface area contributed by atoms with E-state index in [1.54, 1.807) is 11.3 Å². The lowest BCUT2D eigenvalue weighted by molar-refractivity contribution is 0.0529. The summed E-state index contributed by atoms with van der Waals surface area (Å²) in [5, 5.41) is 7.14. The van der Waals surface area contributed by atoms with E-state index in [-0.39, 0.29) is 11.1 Å². The van der Waals surface area contributed by atoms with Crippen molar-refractivity contribution in [1.29, 1.82) is 0 Å². The van der Waals surface area contributed by atoms with E-state index in [0.717, 1.165) is 31.8 Å². The smallest absolute Gasteiger partial charge is 0.407 e. The SMILES string of the molecule is CC(C)(C)OC(=O)NCCN=c1ccc2nc3ccc(NC(C)(C)C(C)(C)N)cc3sc-2c1. The van der Waals surface area contributed by atoms with Crippen LogP contribution in [0.3, 0.4) is 0 Å². The number of amides is 1. The molecule has 7 nitrogen and oxygen atoms in total. The van der Waals surface area contributed by atoms with Gasteiger partial charge < -0.3 is 21.1 Å². The van der Waals surface area contributed by atoms with Gasteiger partial charge in [0.25, 0.3) is 0 Å². The number of aromatic nitrogens is 1. The van der Waals surface area contributed by atoms with Gasteiger partial charge in [-0.1, -0.05) is 0 Å². The molecule has 178 valence electrons. The molecule has 8 heteroatoms. The van der Waals surface area contributed by atoms with Gasteiger partial charge in [-0.05, 0) is 84.9 Å². The number of nitrogens with zero attached hydrogens (tertiary/aromatic N) is 2. The first-order chi connectivity index (χ1) is 15.2. The molecule has 33 heavy (non-hydrogen) atoms. The second-order valence-corrected chi connectivity index (χ2v) is 11.4. The summed E-state index contributed by atoms with van der Waals surface area (Å²) in [5.41, 5.74) is 8.06. The van der Waals surface area contributed by atoms with Crippen LogP contribution in [0.15, 0.2) is 41.4 Å². The van der Waals surface area contributed by atoms with Crippen LogP contribution < -0.4 is 21.7 Å². The molecule has 0 fully saturated rings. The minimum Gasteiger partial charge on any atom is -0.444 e. The van der Waals surface area contributed by atoms with Crippen molar-refractivity contribution in [2.75, 3.05) is 18.4 Å². The van der Waals surface area contributed by atoms with Gasteiger partial charge in [-0.25, -0.2) is 9.78 Å². The summed E-state index contributed by atoms with van der Waals surface area (Å²) >= 11 is 1.68. The lowest BCUT2D eigenvalue weighted by atomic mass is 9.83. The highest BCUT2D eigenvalue weighted by molar-refractivity contribution is 7.21. The van der Waals surface area contributed by atoms with Crippen LogP contribution in [-0.2, 0) is 4.74 Å². The maximum atomic E-state index is 11.7. The van der Waals surface area contributed by atoms with E-state index in [2.05, 4.69) is 35.5 Å². The van der Waals surface area contributed by atoms with Crippen LogP contribution in [0, 0.1) is 0 Å². The Morgan fingerprint density at radius 2 is 1.82 bits per heavy atom. The first-order valence-electron chi connectivity index (χ1n) is 11.1. The Hall–Kier alpha value is -2.71. The lowest BCUT2D eigenvalue weighted by Crippen LogP contribution is -2.57. The summed E-state index contributed by atoms with van der Waals surface area (Å²) in [6.07, 6.45) is -0.431. The average molecular weight is 470 g/mol. The molecule has 1 amide bonds. The number of nitrogens with two attached hydrogens (primary N) is 1. The van der Waals surface area contributed by atoms with E-state index in [0.29, 0.717) is 13.1 Å². The van der Waals surface area contributed by atoms with E-state index in [4.69, 9.17) is 15.5 Å². The van der Waals surface area contributed by atoms with Gasteiger partial charge in [-0.2, -0.15) is 0 Å². The normalized spacial score (nSPS) is 13.4. The lowest BCUT2D eigenvalue weighted by Gasteiger charge is -2.40. The summed E-state index contributed by atoms with van der Waals surface area (Å²) in [6, 6.07) is 12.2. The van der Waals surface area contributed by atoms with Gasteiger partial charge in [0, 0.05) is 23.3 Å². The minimum absolute atomic E-state index is 0.283. The van der Waals surface area contributed by atoms with E-state index in [1.165, 1.54) is 0 Å². The van der Waals surface area contributed by atoms with Crippen molar-refractivity contribution in [3.05, 3.63) is 41.8 Å². The third kappa shape index (κ3) is 6.65. The maximum Gasteiger partial charge on any atom is 0.407 e. The molecule has 0 aromatic heterocycles. The zero-order valence-electron chi connectivity index (χ0n) is 20.6. The fourth-order valence-electron chi connectivity index (χ4n) is 2.97. The third-order valence-electron chi connectivity index (χ3n) is 5.51. The van der Waals surface area contributed by atoms with Crippen LogP contribution in [0.2, 0.25) is 0 Å². The molecule has 0 spiro atoms. The van der Waals surface area contributed by atoms with Gasteiger partial charge in [0.2, 0.25) is 0 Å². The molecule has 1 aromatic rings. The van der Waals surface area contributed by atoms with Crippen LogP contribution in [0.1, 0.15) is 48.5 Å². The fourth-order valence-corrected chi connectivity index (χ4v) is 4.01. The molecule has 1 aliphatic heterocycles. The van der Waals surface area contributed by atoms with Crippen molar-refractivity contribution in [3.8, 4) is 10.6 Å². The summed E-state index contributed by atoms with van der Waals surface area (Å²) in [7, 11) is 0. The van der Waals surface area contributed by atoms with Crippen LogP contribution in [-0.4, -0.2) is 40.8 Å². The topological polar surface area (TPSA) is 102 Å². The molecule has 4 N–H and O–H groups in total. The number of rotatable bonds is 6. The Morgan fingerprint density at radius 1 is 1.09 bits per heavy atom. The van der Waals surface area contributed by atoms with E-state index >= 15 is 0 Å². The van der Waals surface area contributed by atoms with Gasteiger partial charge in [0.15, 0.2) is 0 Å². The third-order valence-corrected chi connectivity index (χ3v) is 6.60. The molecule has 1 heterocycles. The van der Waals surface area contributed by atoms with Gasteiger partial charge >= 0.3 is 6.09 Å². The quantitative estimate of drug-likeness (QED) is 0.357. The Kier molecular flexibility index (Phi) is 7.00. The second-order valence-electron chi connectivity index (χ2n) is 10.3. The number of ether oxygens (including phenoxy) is 1. The fraction of sp³-hybridized carbons (Fsp3) is 0.480.